The highest BCUT2D eigenvalue weighted by Crippen LogP contribution is 2.25. The van der Waals surface area contributed by atoms with E-state index in [1.807, 2.05) is 13.8 Å². The smallest absolute Gasteiger partial charge is 0.413 e. The van der Waals surface area contributed by atoms with E-state index >= 15 is 0 Å². The van der Waals surface area contributed by atoms with Crippen LogP contribution in [-0.2, 0) is 4.74 Å². The fraction of sp³-hybridized carbons (Fsp3) is 0.238. The first-order valence-electron chi connectivity index (χ1n) is 9.23. The Balaban J connectivity index is 1.64. The lowest BCUT2D eigenvalue weighted by atomic mass is 9.92. The molecule has 0 aliphatic carbocycles. The molecule has 0 spiro atoms. The van der Waals surface area contributed by atoms with Gasteiger partial charge in [0, 0.05) is 16.7 Å². The van der Waals surface area contributed by atoms with Crippen molar-refractivity contribution in [3.05, 3.63) is 58.9 Å². The Morgan fingerprint density at radius 3 is 2.93 bits per heavy atom. The molecule has 1 amide bonds. The summed E-state index contributed by atoms with van der Waals surface area (Å²) in [5.41, 5.74) is 2.86. The molecule has 8 heteroatoms. The fourth-order valence-corrected chi connectivity index (χ4v) is 3.14. The van der Waals surface area contributed by atoms with E-state index in [2.05, 4.69) is 20.3 Å². The van der Waals surface area contributed by atoms with Crippen LogP contribution in [0.15, 0.2) is 41.4 Å². The standard InChI is InChI=1S/C21H19FN4O3/c1-11(2)10-29-21(28)26-20-24-15-7-6-12(8-16(15)25-20)19-18-13(17(27)9-23-19)4-3-5-14(18)22/h3-8,11H,9-10H2,1-2H3,(H2,24,25,26,28). The van der Waals surface area contributed by atoms with E-state index in [0.29, 0.717) is 34.5 Å². The van der Waals surface area contributed by atoms with E-state index in [-0.39, 0.29) is 29.8 Å². The maximum Gasteiger partial charge on any atom is 0.413 e. The Labute approximate surface area is 166 Å². The molecule has 0 radical (unpaired) electrons. The summed E-state index contributed by atoms with van der Waals surface area (Å²) in [6.45, 7) is 4.16. The molecule has 0 saturated carbocycles. The third-order valence-corrected chi connectivity index (χ3v) is 4.46. The van der Waals surface area contributed by atoms with Crippen molar-refractivity contribution in [2.75, 3.05) is 18.5 Å². The second-order valence-electron chi connectivity index (χ2n) is 7.19. The SMILES string of the molecule is CC(C)COC(=O)Nc1nc2ccc(C3=NCC(=O)c4cccc(F)c43)cc2[nH]1. The second-order valence-corrected chi connectivity index (χ2v) is 7.19. The molecule has 0 bridgehead atoms. The largest absolute Gasteiger partial charge is 0.449 e. The average Bonchev–Trinajstić information content (AvgIpc) is 3.08. The number of carbonyl (C=O) groups excluding carboxylic acids is 2. The van der Waals surface area contributed by atoms with Crippen molar-refractivity contribution < 1.29 is 18.7 Å². The maximum absolute atomic E-state index is 14.5. The number of Topliss-reactive ketones (excluding diaryl/α,β-unsaturated/α-hetero) is 1. The predicted octanol–water partition coefficient (Wildman–Crippen LogP) is 3.94. The summed E-state index contributed by atoms with van der Waals surface area (Å²) in [5, 5.41) is 2.55. The van der Waals surface area contributed by atoms with Crippen LogP contribution in [0.5, 0.6) is 0 Å². The summed E-state index contributed by atoms with van der Waals surface area (Å²) < 4.78 is 19.5. The van der Waals surface area contributed by atoms with Gasteiger partial charge in [-0.2, -0.15) is 0 Å². The number of ketones is 1. The fourth-order valence-electron chi connectivity index (χ4n) is 3.14. The summed E-state index contributed by atoms with van der Waals surface area (Å²) in [5.74, 6) is -0.227. The lowest BCUT2D eigenvalue weighted by Crippen LogP contribution is -2.21. The van der Waals surface area contributed by atoms with Crippen molar-refractivity contribution in [3.63, 3.8) is 0 Å². The summed E-state index contributed by atoms with van der Waals surface area (Å²) in [7, 11) is 0. The van der Waals surface area contributed by atoms with E-state index in [0.717, 1.165) is 0 Å². The van der Waals surface area contributed by atoms with Crippen molar-refractivity contribution in [3.8, 4) is 0 Å². The van der Waals surface area contributed by atoms with Gasteiger partial charge in [0.2, 0.25) is 5.95 Å². The Morgan fingerprint density at radius 1 is 1.31 bits per heavy atom. The van der Waals surface area contributed by atoms with Gasteiger partial charge in [0.1, 0.15) is 12.4 Å². The van der Waals surface area contributed by atoms with Crippen LogP contribution >= 0.6 is 0 Å². The van der Waals surface area contributed by atoms with E-state index in [1.54, 1.807) is 24.3 Å². The number of benzene rings is 2. The van der Waals surface area contributed by atoms with Gasteiger partial charge in [-0.15, -0.1) is 0 Å². The summed E-state index contributed by atoms with van der Waals surface area (Å²) in [4.78, 5) is 35.5. The molecule has 148 valence electrons. The van der Waals surface area contributed by atoms with Gasteiger partial charge in [-0.3, -0.25) is 15.1 Å². The number of rotatable bonds is 4. The van der Waals surface area contributed by atoms with Crippen molar-refractivity contribution >= 4 is 34.6 Å². The van der Waals surface area contributed by atoms with Crippen LogP contribution in [0.2, 0.25) is 0 Å². The number of nitrogens with one attached hydrogen (secondary N) is 2. The molecule has 2 N–H and O–H groups in total. The van der Waals surface area contributed by atoms with Crippen LogP contribution in [0.25, 0.3) is 11.0 Å². The van der Waals surface area contributed by atoms with E-state index in [1.165, 1.54) is 12.1 Å². The first kappa shape index (κ1) is 18.8. The Kier molecular flexibility index (Phi) is 4.84. The third-order valence-electron chi connectivity index (χ3n) is 4.46. The normalized spacial score (nSPS) is 13.4. The van der Waals surface area contributed by atoms with Crippen molar-refractivity contribution in [2.45, 2.75) is 13.8 Å². The zero-order chi connectivity index (χ0) is 20.5. The lowest BCUT2D eigenvalue weighted by molar-refractivity contribution is 0.0999. The van der Waals surface area contributed by atoms with Crippen molar-refractivity contribution in [1.29, 1.82) is 0 Å². The molecular weight excluding hydrogens is 375 g/mol. The highest BCUT2D eigenvalue weighted by molar-refractivity contribution is 6.22. The maximum atomic E-state index is 14.5. The highest BCUT2D eigenvalue weighted by atomic mass is 19.1. The number of nitrogens with zero attached hydrogens (tertiary/aromatic N) is 2. The molecule has 0 fully saturated rings. The summed E-state index contributed by atoms with van der Waals surface area (Å²) in [6, 6.07) is 9.70. The second kappa shape index (κ2) is 7.46. The number of ether oxygens (including phenoxy) is 1. The van der Waals surface area contributed by atoms with E-state index in [9.17, 15) is 14.0 Å². The van der Waals surface area contributed by atoms with Gasteiger partial charge >= 0.3 is 6.09 Å². The molecular formula is C21H19FN4O3. The van der Waals surface area contributed by atoms with Gasteiger partial charge in [-0.05, 0) is 24.1 Å². The van der Waals surface area contributed by atoms with Crippen LogP contribution in [0.4, 0.5) is 15.1 Å². The topological polar surface area (TPSA) is 96.4 Å². The monoisotopic (exact) mass is 394 g/mol. The van der Waals surface area contributed by atoms with Gasteiger partial charge in [-0.25, -0.2) is 14.2 Å². The number of aromatic nitrogens is 2. The molecule has 3 aromatic rings. The summed E-state index contributed by atoms with van der Waals surface area (Å²) >= 11 is 0. The molecule has 4 rings (SSSR count). The van der Waals surface area contributed by atoms with Crippen LogP contribution in [0, 0.1) is 11.7 Å². The van der Waals surface area contributed by atoms with Gasteiger partial charge in [0.15, 0.2) is 5.78 Å². The number of hydrogen-bond acceptors (Lipinski definition) is 5. The Bertz CT molecular complexity index is 1150. The van der Waals surface area contributed by atoms with Crippen LogP contribution in [0.3, 0.4) is 0 Å². The summed E-state index contributed by atoms with van der Waals surface area (Å²) in [6.07, 6.45) is -0.593. The minimum absolute atomic E-state index is 0.0265. The van der Waals surface area contributed by atoms with Gasteiger partial charge in [0.25, 0.3) is 0 Å². The molecule has 1 aromatic heterocycles. The third kappa shape index (κ3) is 3.73. The quantitative estimate of drug-likeness (QED) is 0.700. The minimum atomic E-state index is -0.593. The highest BCUT2D eigenvalue weighted by Gasteiger charge is 2.25. The molecule has 7 nitrogen and oxygen atoms in total. The number of halogens is 1. The first-order chi connectivity index (χ1) is 13.9. The number of H-pyrrole nitrogens is 1. The van der Waals surface area contributed by atoms with E-state index in [4.69, 9.17) is 4.74 Å². The van der Waals surface area contributed by atoms with E-state index < -0.39 is 11.9 Å². The average molecular weight is 394 g/mol. The minimum Gasteiger partial charge on any atom is -0.449 e. The van der Waals surface area contributed by atoms with Gasteiger partial charge < -0.3 is 9.72 Å². The lowest BCUT2D eigenvalue weighted by Gasteiger charge is -2.17. The Hall–Kier alpha value is -3.55. The Morgan fingerprint density at radius 2 is 2.14 bits per heavy atom. The molecule has 1 aliphatic heterocycles. The van der Waals surface area contributed by atoms with Crippen LogP contribution < -0.4 is 5.32 Å². The zero-order valence-electron chi connectivity index (χ0n) is 16.0. The molecule has 1 aliphatic rings. The molecule has 2 heterocycles. The van der Waals surface area contributed by atoms with Crippen LogP contribution in [-0.4, -0.2) is 40.7 Å². The predicted molar refractivity (Wildman–Crippen MR) is 107 cm³/mol. The number of fused-ring (bicyclic) bond motifs is 2. The first-order valence-corrected chi connectivity index (χ1v) is 9.23. The van der Waals surface area contributed by atoms with Crippen LogP contribution in [0.1, 0.15) is 35.3 Å². The molecule has 2 aromatic carbocycles. The van der Waals surface area contributed by atoms with Gasteiger partial charge in [-0.1, -0.05) is 32.0 Å². The number of aromatic amines is 1. The molecule has 0 saturated heterocycles. The number of imidazole rings is 1. The molecule has 29 heavy (non-hydrogen) atoms. The zero-order valence-corrected chi connectivity index (χ0v) is 16.0. The van der Waals surface area contributed by atoms with Crippen molar-refractivity contribution in [2.24, 2.45) is 10.9 Å². The number of aliphatic imine (C=N–C) groups is 1. The number of anilines is 1. The molecule has 0 atom stereocenters. The van der Waals surface area contributed by atoms with Gasteiger partial charge in [0.05, 0.1) is 23.4 Å². The number of carbonyl (C=O) groups is 2. The number of amides is 1. The number of hydrogen-bond donors (Lipinski definition) is 2. The van der Waals surface area contributed by atoms with Crippen molar-refractivity contribution in [1.82, 2.24) is 9.97 Å². The molecule has 0 unspecified atom stereocenters.